The summed E-state index contributed by atoms with van der Waals surface area (Å²) in [6.07, 6.45) is 8.89. The molecule has 1 aliphatic heterocycles. The molecule has 0 spiro atoms. The Labute approximate surface area is 116 Å². The van der Waals surface area contributed by atoms with Crippen LogP contribution >= 0.6 is 0 Å². The Morgan fingerprint density at radius 1 is 1.47 bits per heavy atom. The molecule has 108 valence electrons. The van der Waals surface area contributed by atoms with Crippen molar-refractivity contribution in [2.45, 2.75) is 51.5 Å². The minimum absolute atomic E-state index is 0.169. The van der Waals surface area contributed by atoms with Gasteiger partial charge in [-0.15, -0.1) is 0 Å². The van der Waals surface area contributed by atoms with Crippen LogP contribution in [0.25, 0.3) is 0 Å². The summed E-state index contributed by atoms with van der Waals surface area (Å²) >= 11 is 0. The summed E-state index contributed by atoms with van der Waals surface area (Å²) in [4.78, 5) is 16.5. The Bertz CT molecular complexity index is 341. The van der Waals surface area contributed by atoms with Crippen LogP contribution < -0.4 is 0 Å². The number of aliphatic hydroxyl groups excluding tert-OH is 1. The molecule has 1 aliphatic carbocycles. The monoisotopic (exact) mass is 266 g/mol. The summed E-state index contributed by atoms with van der Waals surface area (Å²) in [6.45, 7) is 4.36. The molecule has 0 saturated carbocycles. The third-order valence-electron chi connectivity index (χ3n) is 4.28. The average molecular weight is 266 g/mol. The van der Waals surface area contributed by atoms with Gasteiger partial charge >= 0.3 is 0 Å². The van der Waals surface area contributed by atoms with E-state index in [-0.39, 0.29) is 18.6 Å². The summed E-state index contributed by atoms with van der Waals surface area (Å²) in [7, 11) is 0. The van der Waals surface area contributed by atoms with E-state index in [1.165, 1.54) is 18.5 Å². The van der Waals surface area contributed by atoms with Gasteiger partial charge < -0.3 is 10.0 Å². The van der Waals surface area contributed by atoms with Crippen molar-refractivity contribution in [2.75, 3.05) is 26.2 Å². The molecule has 1 amide bonds. The molecule has 1 heterocycles. The molecule has 2 rings (SSSR count). The maximum atomic E-state index is 12.5. The number of rotatable bonds is 5. The number of likely N-dealkylation sites (N-methyl/N-ethyl adjacent to an activating group) is 1. The lowest BCUT2D eigenvalue weighted by Crippen LogP contribution is -2.43. The largest absolute Gasteiger partial charge is 0.395 e. The molecule has 4 nitrogen and oxygen atoms in total. The highest BCUT2D eigenvalue weighted by Crippen LogP contribution is 2.22. The fourth-order valence-electron chi connectivity index (χ4n) is 3.18. The summed E-state index contributed by atoms with van der Waals surface area (Å²) in [5.41, 5.74) is 1.21. The number of carbonyl (C=O) groups is 1. The number of hydrogen-bond donors (Lipinski definition) is 1. The average Bonchev–Trinajstić information content (AvgIpc) is 2.88. The SMILES string of the molecule is CCN(C(=O)CN1CCC[C@H]1CO)C1=CCCCC1. The van der Waals surface area contributed by atoms with Crippen LogP contribution in [0.1, 0.15) is 45.4 Å². The molecule has 1 atom stereocenters. The third-order valence-corrected chi connectivity index (χ3v) is 4.28. The van der Waals surface area contributed by atoms with E-state index in [9.17, 15) is 9.90 Å². The molecule has 0 unspecified atom stereocenters. The van der Waals surface area contributed by atoms with Crippen molar-refractivity contribution in [3.8, 4) is 0 Å². The topological polar surface area (TPSA) is 43.8 Å². The summed E-state index contributed by atoms with van der Waals surface area (Å²) in [6, 6.07) is 0.183. The van der Waals surface area contributed by atoms with E-state index in [1.807, 2.05) is 11.8 Å². The van der Waals surface area contributed by atoms with Crippen molar-refractivity contribution in [3.05, 3.63) is 11.8 Å². The number of amides is 1. The van der Waals surface area contributed by atoms with Gasteiger partial charge in [-0.05, 0) is 52.0 Å². The molecule has 19 heavy (non-hydrogen) atoms. The van der Waals surface area contributed by atoms with Crippen molar-refractivity contribution in [2.24, 2.45) is 0 Å². The Morgan fingerprint density at radius 2 is 2.32 bits per heavy atom. The van der Waals surface area contributed by atoms with Gasteiger partial charge in [-0.25, -0.2) is 0 Å². The fraction of sp³-hybridized carbons (Fsp3) is 0.800. The van der Waals surface area contributed by atoms with E-state index in [4.69, 9.17) is 0 Å². The Hall–Kier alpha value is -0.870. The number of likely N-dealkylation sites (tertiary alicyclic amines) is 1. The van der Waals surface area contributed by atoms with Crippen LogP contribution in [-0.2, 0) is 4.79 Å². The maximum Gasteiger partial charge on any atom is 0.240 e. The van der Waals surface area contributed by atoms with Crippen LogP contribution in [-0.4, -0.2) is 53.1 Å². The minimum Gasteiger partial charge on any atom is -0.395 e. The quantitative estimate of drug-likeness (QED) is 0.824. The Morgan fingerprint density at radius 3 is 2.95 bits per heavy atom. The van der Waals surface area contributed by atoms with Crippen molar-refractivity contribution in [1.29, 1.82) is 0 Å². The van der Waals surface area contributed by atoms with Gasteiger partial charge in [0.25, 0.3) is 0 Å². The standard InChI is InChI=1S/C15H26N2O2/c1-2-17(13-7-4-3-5-8-13)15(19)11-16-10-6-9-14(16)12-18/h7,14,18H,2-6,8-12H2,1H3/t14-/m0/s1. The van der Waals surface area contributed by atoms with Gasteiger partial charge in [0.1, 0.15) is 0 Å². The second-order valence-corrected chi connectivity index (χ2v) is 5.53. The zero-order valence-corrected chi connectivity index (χ0v) is 12.0. The molecule has 0 radical (unpaired) electrons. The smallest absolute Gasteiger partial charge is 0.240 e. The number of allylic oxidation sites excluding steroid dienone is 2. The molecule has 1 N–H and O–H groups in total. The van der Waals surface area contributed by atoms with Crippen LogP contribution in [0.3, 0.4) is 0 Å². The highest BCUT2D eigenvalue weighted by Gasteiger charge is 2.27. The molecule has 0 bridgehead atoms. The first-order valence-electron chi connectivity index (χ1n) is 7.60. The molecule has 0 aromatic heterocycles. The molecule has 1 fully saturated rings. The number of hydrogen-bond acceptors (Lipinski definition) is 3. The van der Waals surface area contributed by atoms with Gasteiger partial charge in [-0.1, -0.05) is 6.08 Å². The fourth-order valence-corrected chi connectivity index (χ4v) is 3.18. The van der Waals surface area contributed by atoms with Crippen molar-refractivity contribution in [3.63, 3.8) is 0 Å². The van der Waals surface area contributed by atoms with Crippen LogP contribution in [0, 0.1) is 0 Å². The summed E-state index contributed by atoms with van der Waals surface area (Å²) in [5.74, 6) is 0.191. The second-order valence-electron chi connectivity index (χ2n) is 5.53. The molecule has 4 heteroatoms. The van der Waals surface area contributed by atoms with Crippen molar-refractivity contribution in [1.82, 2.24) is 9.80 Å². The van der Waals surface area contributed by atoms with E-state index in [2.05, 4.69) is 11.0 Å². The van der Waals surface area contributed by atoms with Gasteiger partial charge in [0.05, 0.1) is 13.2 Å². The normalized spacial score (nSPS) is 24.3. The van der Waals surface area contributed by atoms with Gasteiger partial charge in [-0.3, -0.25) is 9.69 Å². The zero-order chi connectivity index (χ0) is 13.7. The molecular formula is C15H26N2O2. The number of aliphatic hydroxyl groups is 1. The maximum absolute atomic E-state index is 12.5. The Kier molecular flexibility index (Phi) is 5.40. The Balaban J connectivity index is 1.95. The number of carbonyl (C=O) groups excluding carboxylic acids is 1. The second kappa shape index (κ2) is 7.06. The highest BCUT2D eigenvalue weighted by atomic mass is 16.3. The predicted molar refractivity (Wildman–Crippen MR) is 75.6 cm³/mol. The summed E-state index contributed by atoms with van der Waals surface area (Å²) < 4.78 is 0. The molecule has 1 saturated heterocycles. The molecular weight excluding hydrogens is 240 g/mol. The van der Waals surface area contributed by atoms with Gasteiger partial charge in [0.2, 0.25) is 5.91 Å². The van der Waals surface area contributed by atoms with Crippen molar-refractivity contribution < 1.29 is 9.90 Å². The molecule has 2 aliphatic rings. The van der Waals surface area contributed by atoms with Crippen LogP contribution in [0.5, 0.6) is 0 Å². The minimum atomic E-state index is 0.169. The van der Waals surface area contributed by atoms with Gasteiger partial charge in [0.15, 0.2) is 0 Å². The van der Waals surface area contributed by atoms with Gasteiger partial charge in [-0.2, -0.15) is 0 Å². The third kappa shape index (κ3) is 3.57. The predicted octanol–water partition coefficient (Wildman–Crippen LogP) is 1.75. The van der Waals surface area contributed by atoms with Crippen LogP contribution in [0.15, 0.2) is 11.8 Å². The van der Waals surface area contributed by atoms with Crippen LogP contribution in [0.4, 0.5) is 0 Å². The zero-order valence-electron chi connectivity index (χ0n) is 12.0. The lowest BCUT2D eigenvalue weighted by atomic mass is 10.0. The first-order valence-corrected chi connectivity index (χ1v) is 7.60. The van der Waals surface area contributed by atoms with E-state index in [0.29, 0.717) is 6.54 Å². The van der Waals surface area contributed by atoms with E-state index >= 15 is 0 Å². The highest BCUT2D eigenvalue weighted by molar-refractivity contribution is 5.80. The lowest BCUT2D eigenvalue weighted by Gasteiger charge is -2.30. The van der Waals surface area contributed by atoms with Crippen LogP contribution in [0.2, 0.25) is 0 Å². The summed E-state index contributed by atoms with van der Waals surface area (Å²) in [5, 5.41) is 9.32. The van der Waals surface area contributed by atoms with E-state index < -0.39 is 0 Å². The van der Waals surface area contributed by atoms with E-state index in [1.54, 1.807) is 0 Å². The molecule has 0 aromatic rings. The molecule has 0 aromatic carbocycles. The lowest BCUT2D eigenvalue weighted by molar-refractivity contribution is -0.130. The van der Waals surface area contributed by atoms with Crippen molar-refractivity contribution >= 4 is 5.91 Å². The number of nitrogens with zero attached hydrogens (tertiary/aromatic N) is 2. The first kappa shape index (κ1) is 14.5. The first-order chi connectivity index (χ1) is 9.26. The van der Waals surface area contributed by atoms with E-state index in [0.717, 1.165) is 38.8 Å². The van der Waals surface area contributed by atoms with Gasteiger partial charge in [0, 0.05) is 18.3 Å².